The third-order valence-electron chi connectivity index (χ3n) is 6.54. The van der Waals surface area contributed by atoms with Gasteiger partial charge in [-0.2, -0.15) is 5.10 Å². The second-order valence-electron chi connectivity index (χ2n) is 8.83. The lowest BCUT2D eigenvalue weighted by molar-refractivity contribution is 0.102. The van der Waals surface area contributed by atoms with Crippen molar-refractivity contribution < 1.29 is 4.79 Å². The van der Waals surface area contributed by atoms with Crippen LogP contribution in [-0.2, 0) is 13.6 Å². The highest BCUT2D eigenvalue weighted by Crippen LogP contribution is 2.27. The fourth-order valence-electron chi connectivity index (χ4n) is 4.52. The summed E-state index contributed by atoms with van der Waals surface area (Å²) in [7, 11) is 1.91. The molecule has 0 unspecified atom stereocenters. The van der Waals surface area contributed by atoms with Gasteiger partial charge in [0.05, 0.1) is 23.0 Å². The maximum absolute atomic E-state index is 13.3. The molecule has 0 aliphatic carbocycles. The zero-order chi connectivity index (χ0) is 22.8. The van der Waals surface area contributed by atoms with E-state index < -0.39 is 0 Å². The van der Waals surface area contributed by atoms with Crippen molar-refractivity contribution >= 4 is 22.5 Å². The first-order valence-corrected chi connectivity index (χ1v) is 11.6. The molecule has 33 heavy (non-hydrogen) atoms. The quantitative estimate of drug-likeness (QED) is 0.465. The minimum absolute atomic E-state index is 0.139. The molecule has 6 heteroatoms. The summed E-state index contributed by atoms with van der Waals surface area (Å²) in [5.74, 6) is -0.139. The van der Waals surface area contributed by atoms with E-state index >= 15 is 0 Å². The number of benzene rings is 2. The number of likely N-dealkylation sites (tertiary alicyclic amines) is 1. The molecule has 1 aliphatic rings. The molecule has 168 valence electrons. The number of amides is 1. The molecule has 1 saturated heterocycles. The summed E-state index contributed by atoms with van der Waals surface area (Å²) in [5, 5.41) is 8.25. The Hall–Kier alpha value is -3.51. The number of anilines is 1. The van der Waals surface area contributed by atoms with Crippen molar-refractivity contribution in [2.75, 3.05) is 18.4 Å². The second kappa shape index (κ2) is 9.16. The predicted molar refractivity (Wildman–Crippen MR) is 132 cm³/mol. The van der Waals surface area contributed by atoms with Crippen LogP contribution in [0.5, 0.6) is 0 Å². The number of aryl methyl sites for hydroxylation is 1. The van der Waals surface area contributed by atoms with E-state index in [2.05, 4.69) is 27.4 Å². The van der Waals surface area contributed by atoms with E-state index in [0.717, 1.165) is 40.1 Å². The van der Waals surface area contributed by atoms with Crippen molar-refractivity contribution in [3.05, 3.63) is 77.6 Å². The third kappa shape index (κ3) is 4.52. The van der Waals surface area contributed by atoms with Gasteiger partial charge in [0.2, 0.25) is 0 Å². The highest BCUT2D eigenvalue weighted by Gasteiger charge is 2.17. The largest absolute Gasteiger partial charge is 0.322 e. The van der Waals surface area contributed by atoms with Gasteiger partial charge in [-0.15, -0.1) is 0 Å². The van der Waals surface area contributed by atoms with E-state index in [4.69, 9.17) is 4.98 Å². The Labute approximate surface area is 194 Å². The number of hydrogen-bond donors (Lipinski definition) is 1. The number of hydrogen-bond acceptors (Lipinski definition) is 4. The summed E-state index contributed by atoms with van der Waals surface area (Å²) in [6.07, 6.45) is 5.71. The van der Waals surface area contributed by atoms with Gasteiger partial charge in [-0.05, 0) is 62.7 Å². The number of fused-ring (bicyclic) bond motifs is 1. The first-order chi connectivity index (χ1) is 16.1. The second-order valence-corrected chi connectivity index (χ2v) is 8.83. The van der Waals surface area contributed by atoms with Crippen molar-refractivity contribution in [2.24, 2.45) is 7.05 Å². The number of aromatic nitrogens is 3. The molecule has 3 heterocycles. The molecule has 0 atom stereocenters. The van der Waals surface area contributed by atoms with Gasteiger partial charge in [0, 0.05) is 35.9 Å². The summed E-state index contributed by atoms with van der Waals surface area (Å²) in [6.45, 7) is 5.32. The molecular weight excluding hydrogens is 410 g/mol. The SMILES string of the molecule is Cc1c(-c2cc(C(=O)Nc3ccc(CN4CCCCC4)cc3)c3ccccc3n2)cnn1C. The van der Waals surface area contributed by atoms with Gasteiger partial charge in [-0.1, -0.05) is 36.8 Å². The first kappa shape index (κ1) is 21.3. The molecule has 0 spiro atoms. The maximum Gasteiger partial charge on any atom is 0.256 e. The number of pyridine rings is 1. The van der Waals surface area contributed by atoms with Crippen molar-refractivity contribution in [3.63, 3.8) is 0 Å². The molecule has 1 amide bonds. The van der Waals surface area contributed by atoms with Crippen LogP contribution in [0.15, 0.2) is 60.8 Å². The Kier molecular flexibility index (Phi) is 5.92. The van der Waals surface area contributed by atoms with Crippen LogP contribution in [0.3, 0.4) is 0 Å². The molecule has 4 aromatic rings. The number of piperidine rings is 1. The Bertz CT molecular complexity index is 1290. The number of carbonyl (C=O) groups excluding carboxylic acids is 1. The Morgan fingerprint density at radius 3 is 2.52 bits per heavy atom. The lowest BCUT2D eigenvalue weighted by Gasteiger charge is -2.26. The van der Waals surface area contributed by atoms with E-state index in [9.17, 15) is 4.79 Å². The number of carbonyl (C=O) groups is 1. The molecule has 0 saturated carbocycles. The summed E-state index contributed by atoms with van der Waals surface area (Å²) < 4.78 is 1.82. The van der Waals surface area contributed by atoms with Crippen LogP contribution in [-0.4, -0.2) is 38.7 Å². The van der Waals surface area contributed by atoms with Crippen LogP contribution in [0.2, 0.25) is 0 Å². The van der Waals surface area contributed by atoms with Crippen molar-refractivity contribution in [3.8, 4) is 11.3 Å². The van der Waals surface area contributed by atoms with E-state index in [1.165, 1.54) is 37.9 Å². The highest BCUT2D eigenvalue weighted by molar-refractivity contribution is 6.13. The lowest BCUT2D eigenvalue weighted by Crippen LogP contribution is -2.29. The fraction of sp³-hybridized carbons (Fsp3) is 0.296. The Balaban J connectivity index is 1.40. The predicted octanol–water partition coefficient (Wildman–Crippen LogP) is 5.18. The normalized spacial score (nSPS) is 14.5. The zero-order valence-corrected chi connectivity index (χ0v) is 19.2. The van der Waals surface area contributed by atoms with Crippen molar-refractivity contribution in [1.29, 1.82) is 0 Å². The third-order valence-corrected chi connectivity index (χ3v) is 6.54. The summed E-state index contributed by atoms with van der Waals surface area (Å²) >= 11 is 0. The minimum Gasteiger partial charge on any atom is -0.322 e. The molecule has 5 rings (SSSR count). The van der Waals surface area contributed by atoms with Gasteiger partial charge in [-0.3, -0.25) is 14.4 Å². The van der Waals surface area contributed by atoms with Gasteiger partial charge in [0.1, 0.15) is 0 Å². The average molecular weight is 440 g/mol. The number of para-hydroxylation sites is 1. The topological polar surface area (TPSA) is 63.1 Å². The molecular formula is C27H29N5O. The Morgan fingerprint density at radius 1 is 1.03 bits per heavy atom. The van der Waals surface area contributed by atoms with Crippen LogP contribution in [0.4, 0.5) is 5.69 Å². The number of nitrogens with one attached hydrogen (secondary N) is 1. The van der Waals surface area contributed by atoms with Crippen molar-refractivity contribution in [2.45, 2.75) is 32.7 Å². The molecule has 2 aromatic carbocycles. The number of rotatable bonds is 5. The smallest absolute Gasteiger partial charge is 0.256 e. The Morgan fingerprint density at radius 2 is 1.79 bits per heavy atom. The van der Waals surface area contributed by atoms with Gasteiger partial charge in [0.15, 0.2) is 0 Å². The van der Waals surface area contributed by atoms with E-state index in [0.29, 0.717) is 5.56 Å². The molecule has 0 bridgehead atoms. The fourth-order valence-corrected chi connectivity index (χ4v) is 4.52. The minimum atomic E-state index is -0.139. The van der Waals surface area contributed by atoms with Crippen molar-refractivity contribution in [1.82, 2.24) is 19.7 Å². The van der Waals surface area contributed by atoms with E-state index in [1.54, 1.807) is 6.20 Å². The molecule has 1 fully saturated rings. The van der Waals surface area contributed by atoms with Crippen LogP contribution >= 0.6 is 0 Å². The average Bonchev–Trinajstić information content (AvgIpc) is 3.18. The van der Waals surface area contributed by atoms with Gasteiger partial charge < -0.3 is 5.32 Å². The van der Waals surface area contributed by atoms with Gasteiger partial charge in [0.25, 0.3) is 5.91 Å². The van der Waals surface area contributed by atoms with E-state index in [-0.39, 0.29) is 5.91 Å². The zero-order valence-electron chi connectivity index (χ0n) is 19.2. The lowest BCUT2D eigenvalue weighted by atomic mass is 10.0. The van der Waals surface area contributed by atoms with Crippen LogP contribution in [0.1, 0.15) is 40.9 Å². The van der Waals surface area contributed by atoms with Gasteiger partial charge in [-0.25, -0.2) is 4.98 Å². The van der Waals surface area contributed by atoms with Gasteiger partial charge >= 0.3 is 0 Å². The molecule has 6 nitrogen and oxygen atoms in total. The van der Waals surface area contributed by atoms with Crippen LogP contribution in [0.25, 0.3) is 22.2 Å². The summed E-state index contributed by atoms with van der Waals surface area (Å²) in [4.78, 5) is 20.6. The van der Waals surface area contributed by atoms with E-state index in [1.807, 2.05) is 61.1 Å². The number of nitrogens with zero attached hydrogens (tertiary/aromatic N) is 4. The molecule has 2 aromatic heterocycles. The highest BCUT2D eigenvalue weighted by atomic mass is 16.1. The molecule has 1 aliphatic heterocycles. The van der Waals surface area contributed by atoms with Crippen LogP contribution < -0.4 is 5.32 Å². The molecule has 0 radical (unpaired) electrons. The molecule has 1 N–H and O–H groups in total. The monoisotopic (exact) mass is 439 g/mol. The maximum atomic E-state index is 13.3. The standard InChI is InChI=1S/C27H29N5O/c1-19-24(17-28-31(19)2)26-16-23(22-8-4-5-9-25(22)30-26)27(33)29-21-12-10-20(11-13-21)18-32-14-6-3-7-15-32/h4-5,8-13,16-17H,3,6-7,14-15,18H2,1-2H3,(H,29,33). The summed E-state index contributed by atoms with van der Waals surface area (Å²) in [6, 6.07) is 17.8. The first-order valence-electron chi connectivity index (χ1n) is 11.6. The van der Waals surface area contributed by atoms with Crippen LogP contribution in [0, 0.1) is 6.92 Å². The summed E-state index contributed by atoms with van der Waals surface area (Å²) in [5.41, 5.74) is 6.16.